The van der Waals surface area contributed by atoms with Crippen molar-refractivity contribution in [2.75, 3.05) is 0 Å². The molecule has 0 bridgehead atoms. The molecule has 1 aromatic heterocycles. The minimum atomic E-state index is -0.438. The van der Waals surface area contributed by atoms with Gasteiger partial charge in [-0.05, 0) is 48.9 Å². The predicted octanol–water partition coefficient (Wildman–Crippen LogP) is 4.89. The maximum Gasteiger partial charge on any atom is 0.284 e. The molecular formula is C15H12ClN3O2S. The van der Waals surface area contributed by atoms with Crippen molar-refractivity contribution < 1.29 is 4.92 Å². The molecule has 0 aliphatic heterocycles. The number of nitrogens with zero attached hydrogens (tertiary/aromatic N) is 2. The van der Waals surface area contributed by atoms with Crippen LogP contribution in [0.25, 0.3) is 11.0 Å². The smallest absolute Gasteiger partial charge is 0.284 e. The zero-order valence-electron chi connectivity index (χ0n) is 11.9. The van der Waals surface area contributed by atoms with Crippen LogP contribution in [0.3, 0.4) is 0 Å². The summed E-state index contributed by atoms with van der Waals surface area (Å²) in [6, 6.07) is 8.69. The first-order valence-electron chi connectivity index (χ1n) is 6.53. The first-order chi connectivity index (χ1) is 10.5. The summed E-state index contributed by atoms with van der Waals surface area (Å²) >= 11 is 7.28. The normalized spacial score (nSPS) is 11.0. The van der Waals surface area contributed by atoms with Gasteiger partial charge in [-0.3, -0.25) is 10.1 Å². The Morgan fingerprint density at radius 1 is 1.32 bits per heavy atom. The maximum atomic E-state index is 11.1. The number of nitro groups is 1. The number of rotatable bonds is 3. The van der Waals surface area contributed by atoms with Crippen LogP contribution in [0.15, 0.2) is 40.4 Å². The molecule has 3 aromatic rings. The van der Waals surface area contributed by atoms with Gasteiger partial charge in [-0.1, -0.05) is 23.7 Å². The van der Waals surface area contributed by atoms with Gasteiger partial charge in [0.2, 0.25) is 0 Å². The summed E-state index contributed by atoms with van der Waals surface area (Å²) in [5.41, 5.74) is 3.95. The fourth-order valence-corrected chi connectivity index (χ4v) is 3.52. The van der Waals surface area contributed by atoms with Crippen LogP contribution in [0.4, 0.5) is 5.69 Å². The second-order valence-corrected chi connectivity index (χ2v) is 6.37. The van der Waals surface area contributed by atoms with Gasteiger partial charge < -0.3 is 4.98 Å². The number of halogens is 1. The Balaban J connectivity index is 2.08. The molecule has 0 unspecified atom stereocenters. The SMILES string of the molecule is Cc1cc(C)c2nc(Sc3c(Cl)cccc3[N+](=O)[O-])[nH]c2c1. The zero-order chi connectivity index (χ0) is 15.9. The lowest BCUT2D eigenvalue weighted by molar-refractivity contribution is -0.387. The summed E-state index contributed by atoms with van der Waals surface area (Å²) in [6.45, 7) is 4.00. The van der Waals surface area contributed by atoms with E-state index < -0.39 is 4.92 Å². The van der Waals surface area contributed by atoms with Gasteiger partial charge in [-0.2, -0.15) is 0 Å². The highest BCUT2D eigenvalue weighted by atomic mass is 35.5. The Hall–Kier alpha value is -2.05. The third kappa shape index (κ3) is 2.67. The van der Waals surface area contributed by atoms with Crippen molar-refractivity contribution >= 4 is 40.1 Å². The number of aromatic nitrogens is 2. The summed E-state index contributed by atoms with van der Waals surface area (Å²) in [4.78, 5) is 18.8. The molecule has 1 N–H and O–H groups in total. The van der Waals surface area contributed by atoms with Crippen LogP contribution in [-0.2, 0) is 0 Å². The number of H-pyrrole nitrogens is 1. The Morgan fingerprint density at radius 2 is 2.09 bits per heavy atom. The van der Waals surface area contributed by atoms with E-state index in [1.54, 1.807) is 12.1 Å². The lowest BCUT2D eigenvalue weighted by Gasteiger charge is -2.02. The minimum Gasteiger partial charge on any atom is -0.333 e. The van der Waals surface area contributed by atoms with Crippen molar-refractivity contribution in [1.82, 2.24) is 9.97 Å². The van der Waals surface area contributed by atoms with Gasteiger partial charge in [-0.15, -0.1) is 0 Å². The molecule has 0 aliphatic rings. The van der Waals surface area contributed by atoms with Gasteiger partial charge in [0.15, 0.2) is 5.16 Å². The van der Waals surface area contributed by atoms with Crippen LogP contribution in [0.1, 0.15) is 11.1 Å². The van der Waals surface area contributed by atoms with Gasteiger partial charge in [-0.25, -0.2) is 4.98 Å². The summed E-state index contributed by atoms with van der Waals surface area (Å²) in [5, 5.41) is 12.1. The molecule has 0 saturated carbocycles. The number of aryl methyl sites for hydroxylation is 2. The van der Waals surface area contributed by atoms with E-state index >= 15 is 0 Å². The molecule has 7 heteroatoms. The van der Waals surface area contributed by atoms with Crippen LogP contribution in [0.2, 0.25) is 5.02 Å². The lowest BCUT2D eigenvalue weighted by Crippen LogP contribution is -1.91. The molecule has 0 saturated heterocycles. The predicted molar refractivity (Wildman–Crippen MR) is 87.8 cm³/mol. The van der Waals surface area contributed by atoms with E-state index in [0.717, 1.165) is 22.2 Å². The van der Waals surface area contributed by atoms with Crippen LogP contribution in [0, 0.1) is 24.0 Å². The number of hydrogen-bond donors (Lipinski definition) is 1. The van der Waals surface area contributed by atoms with Gasteiger partial charge in [0.05, 0.1) is 21.0 Å². The zero-order valence-corrected chi connectivity index (χ0v) is 13.5. The Kier molecular flexibility index (Phi) is 3.80. The van der Waals surface area contributed by atoms with E-state index in [1.807, 2.05) is 19.9 Å². The molecule has 0 amide bonds. The number of nitro benzene ring substituents is 1. The quantitative estimate of drug-likeness (QED) is 0.547. The highest BCUT2D eigenvalue weighted by Crippen LogP contribution is 2.39. The molecule has 22 heavy (non-hydrogen) atoms. The summed E-state index contributed by atoms with van der Waals surface area (Å²) in [5.74, 6) is 0. The van der Waals surface area contributed by atoms with E-state index in [9.17, 15) is 10.1 Å². The van der Waals surface area contributed by atoms with Gasteiger partial charge in [0.1, 0.15) is 4.90 Å². The molecule has 2 aromatic carbocycles. The van der Waals surface area contributed by atoms with E-state index in [-0.39, 0.29) is 5.69 Å². The van der Waals surface area contributed by atoms with Crippen molar-refractivity contribution in [2.24, 2.45) is 0 Å². The topological polar surface area (TPSA) is 71.8 Å². The maximum absolute atomic E-state index is 11.1. The molecule has 0 fully saturated rings. The number of hydrogen-bond acceptors (Lipinski definition) is 4. The van der Waals surface area contributed by atoms with E-state index in [1.165, 1.54) is 17.8 Å². The average Bonchev–Trinajstić information content (AvgIpc) is 2.83. The largest absolute Gasteiger partial charge is 0.333 e. The Morgan fingerprint density at radius 3 is 2.82 bits per heavy atom. The van der Waals surface area contributed by atoms with Crippen molar-refractivity contribution in [3.8, 4) is 0 Å². The molecule has 1 heterocycles. The van der Waals surface area contributed by atoms with Crippen molar-refractivity contribution in [3.05, 3.63) is 56.6 Å². The van der Waals surface area contributed by atoms with Crippen LogP contribution >= 0.6 is 23.4 Å². The fourth-order valence-electron chi connectivity index (χ4n) is 2.34. The van der Waals surface area contributed by atoms with E-state index in [4.69, 9.17) is 11.6 Å². The molecule has 112 valence electrons. The monoisotopic (exact) mass is 333 g/mol. The number of aromatic amines is 1. The standard InChI is InChI=1S/C15H12ClN3O2S/c1-8-6-9(2)13-11(7-8)17-15(18-13)22-14-10(16)4-3-5-12(14)19(20)21/h3-7H,1-2H3,(H,17,18). The highest BCUT2D eigenvalue weighted by molar-refractivity contribution is 7.99. The van der Waals surface area contributed by atoms with Crippen molar-refractivity contribution in [3.63, 3.8) is 0 Å². The number of fused-ring (bicyclic) bond motifs is 1. The first-order valence-corrected chi connectivity index (χ1v) is 7.73. The van der Waals surface area contributed by atoms with Gasteiger partial charge in [0.25, 0.3) is 5.69 Å². The third-order valence-corrected chi connectivity index (χ3v) is 4.69. The third-order valence-electron chi connectivity index (χ3n) is 3.24. The summed E-state index contributed by atoms with van der Waals surface area (Å²) < 4.78 is 0. The first kappa shape index (κ1) is 14.9. The minimum absolute atomic E-state index is 0.0224. The van der Waals surface area contributed by atoms with Crippen molar-refractivity contribution in [2.45, 2.75) is 23.9 Å². The Bertz CT molecular complexity index is 892. The second-order valence-electron chi connectivity index (χ2n) is 4.97. The molecule has 3 rings (SSSR count). The Labute approximate surface area is 135 Å². The lowest BCUT2D eigenvalue weighted by atomic mass is 10.1. The van der Waals surface area contributed by atoms with E-state index in [0.29, 0.717) is 15.1 Å². The molecule has 0 spiro atoms. The van der Waals surface area contributed by atoms with Crippen LogP contribution in [0.5, 0.6) is 0 Å². The number of imidazole rings is 1. The second kappa shape index (κ2) is 5.62. The average molecular weight is 334 g/mol. The van der Waals surface area contributed by atoms with Crippen LogP contribution in [-0.4, -0.2) is 14.9 Å². The summed E-state index contributed by atoms with van der Waals surface area (Å²) in [7, 11) is 0. The fraction of sp³-hybridized carbons (Fsp3) is 0.133. The van der Waals surface area contributed by atoms with E-state index in [2.05, 4.69) is 16.0 Å². The summed E-state index contributed by atoms with van der Waals surface area (Å²) in [6.07, 6.45) is 0. The van der Waals surface area contributed by atoms with Gasteiger partial charge >= 0.3 is 0 Å². The number of nitrogens with one attached hydrogen (secondary N) is 1. The molecular weight excluding hydrogens is 322 g/mol. The molecule has 0 radical (unpaired) electrons. The highest BCUT2D eigenvalue weighted by Gasteiger charge is 2.19. The van der Waals surface area contributed by atoms with Crippen LogP contribution < -0.4 is 0 Å². The molecule has 0 aliphatic carbocycles. The number of benzene rings is 2. The molecule has 0 atom stereocenters. The molecule has 5 nitrogen and oxygen atoms in total. The van der Waals surface area contributed by atoms with Gasteiger partial charge in [0, 0.05) is 6.07 Å². The van der Waals surface area contributed by atoms with Crippen molar-refractivity contribution in [1.29, 1.82) is 0 Å².